The third-order valence-electron chi connectivity index (χ3n) is 4.93. The highest BCUT2D eigenvalue weighted by Crippen LogP contribution is 2.22. The molecule has 7 nitrogen and oxygen atoms in total. The number of benzene rings is 1. The van der Waals surface area contributed by atoms with Crippen molar-refractivity contribution in [3.63, 3.8) is 0 Å². The Kier molecular flexibility index (Phi) is 5.79. The number of alkyl halides is 1. The molecule has 3 rings (SSSR count). The highest BCUT2D eigenvalue weighted by Gasteiger charge is 2.34. The molecule has 2 aliphatic rings. The number of amides is 4. The highest BCUT2D eigenvalue weighted by molar-refractivity contribution is 6.30. The van der Waals surface area contributed by atoms with Crippen LogP contribution in [-0.4, -0.2) is 76.4 Å². The van der Waals surface area contributed by atoms with Crippen molar-refractivity contribution in [3.8, 4) is 0 Å². The van der Waals surface area contributed by atoms with Gasteiger partial charge in [-0.15, -0.1) is 11.6 Å². The topological polar surface area (TPSA) is 78.0 Å². The minimum absolute atomic E-state index is 0.0300. The van der Waals surface area contributed by atoms with Crippen LogP contribution in [0.5, 0.6) is 0 Å². The minimum Gasteiger partial charge on any atom is -0.339 e. The van der Waals surface area contributed by atoms with Gasteiger partial charge in [-0.3, -0.25) is 24.1 Å². The van der Waals surface area contributed by atoms with E-state index in [2.05, 4.69) is 0 Å². The Labute approximate surface area is 162 Å². The van der Waals surface area contributed by atoms with Gasteiger partial charge >= 0.3 is 0 Å². The van der Waals surface area contributed by atoms with E-state index in [0.717, 1.165) is 0 Å². The van der Waals surface area contributed by atoms with E-state index in [1.807, 2.05) is 0 Å². The van der Waals surface area contributed by atoms with Gasteiger partial charge in [0, 0.05) is 39.1 Å². The van der Waals surface area contributed by atoms with Crippen LogP contribution < -0.4 is 0 Å². The summed E-state index contributed by atoms with van der Waals surface area (Å²) < 4.78 is 0. The number of rotatable bonds is 5. The number of nitrogens with zero attached hydrogens (tertiary/aromatic N) is 3. The normalized spacial score (nSPS) is 17.9. The molecule has 0 N–H and O–H groups in total. The summed E-state index contributed by atoms with van der Waals surface area (Å²) in [5.74, 6) is -0.747. The van der Waals surface area contributed by atoms with Crippen molar-refractivity contribution in [2.45, 2.75) is 25.1 Å². The van der Waals surface area contributed by atoms with Crippen LogP contribution in [0, 0.1) is 0 Å². The number of carbonyl (C=O) groups is 4. The number of hydrogen-bond acceptors (Lipinski definition) is 4. The number of hydrogen-bond donors (Lipinski definition) is 0. The van der Waals surface area contributed by atoms with Crippen LogP contribution in [0.1, 0.15) is 40.5 Å². The third-order valence-corrected chi connectivity index (χ3v) is 5.12. The first kappa shape index (κ1) is 19.4. The van der Waals surface area contributed by atoms with Gasteiger partial charge in [-0.05, 0) is 25.5 Å². The number of fused-ring (bicyclic) bond motifs is 1. The van der Waals surface area contributed by atoms with E-state index in [1.54, 1.807) is 41.0 Å². The zero-order valence-electron chi connectivity index (χ0n) is 15.2. The van der Waals surface area contributed by atoms with Gasteiger partial charge < -0.3 is 9.80 Å². The van der Waals surface area contributed by atoms with E-state index in [4.69, 9.17) is 11.6 Å². The molecule has 27 heavy (non-hydrogen) atoms. The summed E-state index contributed by atoms with van der Waals surface area (Å²) in [5, 5.41) is -0.563. The van der Waals surface area contributed by atoms with E-state index in [1.165, 1.54) is 4.90 Å². The predicted octanol–water partition coefficient (Wildman–Crippen LogP) is 1.36. The van der Waals surface area contributed by atoms with Gasteiger partial charge in [-0.25, -0.2) is 0 Å². The first-order valence-corrected chi connectivity index (χ1v) is 9.49. The maximum Gasteiger partial charge on any atom is 0.261 e. The number of imide groups is 1. The monoisotopic (exact) mass is 391 g/mol. The minimum atomic E-state index is -0.563. The van der Waals surface area contributed by atoms with Crippen molar-refractivity contribution in [1.29, 1.82) is 0 Å². The van der Waals surface area contributed by atoms with Gasteiger partial charge in [-0.2, -0.15) is 0 Å². The molecule has 8 heteroatoms. The Hall–Kier alpha value is -2.41. The summed E-state index contributed by atoms with van der Waals surface area (Å²) in [6.07, 6.45) is 0.676. The quantitative estimate of drug-likeness (QED) is 0.561. The second-order valence-electron chi connectivity index (χ2n) is 6.73. The lowest BCUT2D eigenvalue weighted by Gasteiger charge is -2.35. The zero-order chi connectivity index (χ0) is 19.6. The predicted molar refractivity (Wildman–Crippen MR) is 99.5 cm³/mol. The second kappa shape index (κ2) is 8.08. The van der Waals surface area contributed by atoms with Crippen molar-refractivity contribution >= 4 is 35.2 Å². The van der Waals surface area contributed by atoms with E-state index in [9.17, 15) is 19.2 Å². The third kappa shape index (κ3) is 3.98. The Balaban J connectivity index is 1.45. The average Bonchev–Trinajstić information content (AvgIpc) is 2.92. The van der Waals surface area contributed by atoms with Gasteiger partial charge in [0.1, 0.15) is 5.38 Å². The van der Waals surface area contributed by atoms with Crippen molar-refractivity contribution in [1.82, 2.24) is 14.7 Å². The molecule has 4 amide bonds. The summed E-state index contributed by atoms with van der Waals surface area (Å²) in [7, 11) is 0. The smallest absolute Gasteiger partial charge is 0.261 e. The SMILES string of the molecule is CC(Cl)C(=O)N1CCN(C(=O)CCCN2C(=O)c3ccccc3C2=O)CC1. The average molecular weight is 392 g/mol. The molecule has 1 atom stereocenters. The van der Waals surface area contributed by atoms with Gasteiger partial charge in [-0.1, -0.05) is 12.1 Å². The maximum absolute atomic E-state index is 12.4. The van der Waals surface area contributed by atoms with Crippen LogP contribution in [-0.2, 0) is 9.59 Å². The van der Waals surface area contributed by atoms with Crippen LogP contribution >= 0.6 is 11.6 Å². The first-order chi connectivity index (χ1) is 12.9. The number of carbonyl (C=O) groups excluding carboxylic acids is 4. The summed E-state index contributed by atoms with van der Waals surface area (Å²) in [4.78, 5) is 53.4. The van der Waals surface area contributed by atoms with Gasteiger partial charge in [0.25, 0.3) is 11.8 Å². The lowest BCUT2D eigenvalue weighted by molar-refractivity contribution is -0.139. The fourth-order valence-electron chi connectivity index (χ4n) is 3.42. The molecule has 0 aromatic heterocycles. The van der Waals surface area contributed by atoms with Gasteiger partial charge in [0.05, 0.1) is 11.1 Å². The second-order valence-corrected chi connectivity index (χ2v) is 7.39. The van der Waals surface area contributed by atoms with E-state index >= 15 is 0 Å². The molecule has 0 saturated carbocycles. The highest BCUT2D eigenvalue weighted by atomic mass is 35.5. The number of piperazine rings is 1. The van der Waals surface area contributed by atoms with Crippen LogP contribution in [0.4, 0.5) is 0 Å². The molecule has 1 fully saturated rings. The maximum atomic E-state index is 12.4. The number of halogens is 1. The molecule has 1 aromatic carbocycles. The van der Waals surface area contributed by atoms with Gasteiger partial charge in [0.2, 0.25) is 11.8 Å². The Morgan fingerprint density at radius 1 is 1.00 bits per heavy atom. The molecule has 1 saturated heterocycles. The summed E-state index contributed by atoms with van der Waals surface area (Å²) in [5.41, 5.74) is 0.839. The summed E-state index contributed by atoms with van der Waals surface area (Å²) in [6.45, 7) is 3.75. The molecule has 1 aromatic rings. The van der Waals surface area contributed by atoms with Crippen molar-refractivity contribution in [3.05, 3.63) is 35.4 Å². The van der Waals surface area contributed by atoms with Crippen LogP contribution in [0.25, 0.3) is 0 Å². The van der Waals surface area contributed by atoms with Crippen molar-refractivity contribution < 1.29 is 19.2 Å². The molecule has 0 aliphatic carbocycles. The lowest BCUT2D eigenvalue weighted by atomic mass is 10.1. The molecule has 0 spiro atoms. The van der Waals surface area contributed by atoms with Crippen LogP contribution in [0.15, 0.2) is 24.3 Å². The molecular formula is C19H22ClN3O4. The Bertz CT molecular complexity index is 737. The summed E-state index contributed by atoms with van der Waals surface area (Å²) in [6, 6.07) is 6.74. The fraction of sp³-hybridized carbons (Fsp3) is 0.474. The van der Waals surface area contributed by atoms with E-state index in [-0.39, 0.29) is 36.6 Å². The van der Waals surface area contributed by atoms with Crippen LogP contribution in [0.3, 0.4) is 0 Å². The van der Waals surface area contributed by atoms with E-state index in [0.29, 0.717) is 43.7 Å². The molecule has 0 radical (unpaired) electrons. The Morgan fingerprint density at radius 2 is 1.52 bits per heavy atom. The molecule has 2 heterocycles. The molecule has 144 valence electrons. The molecule has 0 bridgehead atoms. The van der Waals surface area contributed by atoms with Crippen molar-refractivity contribution in [2.24, 2.45) is 0 Å². The largest absolute Gasteiger partial charge is 0.339 e. The molecular weight excluding hydrogens is 370 g/mol. The van der Waals surface area contributed by atoms with E-state index < -0.39 is 5.38 Å². The van der Waals surface area contributed by atoms with Crippen molar-refractivity contribution in [2.75, 3.05) is 32.7 Å². The van der Waals surface area contributed by atoms with Crippen LogP contribution in [0.2, 0.25) is 0 Å². The van der Waals surface area contributed by atoms with Gasteiger partial charge in [0.15, 0.2) is 0 Å². The summed E-state index contributed by atoms with van der Waals surface area (Å²) >= 11 is 5.82. The Morgan fingerprint density at radius 3 is 2.04 bits per heavy atom. The lowest BCUT2D eigenvalue weighted by Crippen LogP contribution is -2.52. The molecule has 1 unspecified atom stereocenters. The standard InChI is InChI=1S/C19H22ClN3O4/c1-13(20)17(25)22-11-9-21(10-12-22)16(24)7-4-8-23-18(26)14-5-2-3-6-15(14)19(23)27/h2-3,5-6,13H,4,7-12H2,1H3. The zero-order valence-corrected chi connectivity index (χ0v) is 15.9. The fourth-order valence-corrected chi connectivity index (χ4v) is 3.55. The molecule has 2 aliphatic heterocycles. The first-order valence-electron chi connectivity index (χ1n) is 9.06.